The highest BCUT2D eigenvalue weighted by Crippen LogP contribution is 2.21. The van der Waals surface area contributed by atoms with E-state index in [2.05, 4.69) is 10.2 Å². The lowest BCUT2D eigenvalue weighted by Gasteiger charge is -2.03. The van der Waals surface area contributed by atoms with E-state index in [-0.39, 0.29) is 0 Å². The molecule has 0 aliphatic rings. The number of aromatic nitrogens is 3. The minimum Gasteiger partial charge on any atom is -0.248 e. The van der Waals surface area contributed by atoms with Gasteiger partial charge in [0.25, 0.3) is 0 Å². The van der Waals surface area contributed by atoms with Crippen molar-refractivity contribution in [3.63, 3.8) is 0 Å². The van der Waals surface area contributed by atoms with Crippen LogP contribution in [0.15, 0.2) is 24.5 Å². The van der Waals surface area contributed by atoms with Gasteiger partial charge in [-0.15, -0.1) is 5.10 Å². The lowest BCUT2D eigenvalue weighted by atomic mass is 10.2. The number of rotatable bonds is 1. The molecular formula is C9H7ClN3O. The molecule has 0 saturated heterocycles. The number of aryl methyl sites for hydroxylation is 1. The van der Waals surface area contributed by atoms with Crippen LogP contribution in [0.3, 0.4) is 0 Å². The molecule has 0 amide bonds. The van der Waals surface area contributed by atoms with Gasteiger partial charge < -0.3 is 0 Å². The lowest BCUT2D eigenvalue weighted by molar-refractivity contribution is 0.311. The van der Waals surface area contributed by atoms with Crippen molar-refractivity contribution < 1.29 is 5.11 Å². The summed E-state index contributed by atoms with van der Waals surface area (Å²) in [5, 5.41) is 18.7. The van der Waals surface area contributed by atoms with Crippen LogP contribution in [-0.2, 0) is 5.11 Å². The van der Waals surface area contributed by atoms with E-state index >= 15 is 0 Å². The molecule has 71 valence electrons. The summed E-state index contributed by atoms with van der Waals surface area (Å²) in [5.74, 6) is 0. The third-order valence-corrected chi connectivity index (χ3v) is 2.36. The van der Waals surface area contributed by atoms with E-state index in [0.29, 0.717) is 10.7 Å². The Bertz CT molecular complexity index is 467. The quantitative estimate of drug-likeness (QED) is 0.723. The van der Waals surface area contributed by atoms with Crippen LogP contribution in [0.4, 0.5) is 0 Å². The Balaban J connectivity index is 2.53. The molecule has 14 heavy (non-hydrogen) atoms. The molecule has 1 heterocycles. The predicted octanol–water partition coefficient (Wildman–Crippen LogP) is 2.37. The molecule has 0 bridgehead atoms. The zero-order valence-corrected chi connectivity index (χ0v) is 8.19. The highest BCUT2D eigenvalue weighted by molar-refractivity contribution is 6.31. The maximum atomic E-state index is 11.2. The molecule has 0 aliphatic heterocycles. The standard InChI is InChI=1S/C9H7ClN3O/c1-6-2-3-7(4-8(6)10)13-5-11-12-9(13)14/h2-5H,1H3. The molecule has 1 radical (unpaired) electrons. The Morgan fingerprint density at radius 3 is 2.79 bits per heavy atom. The minimum atomic E-state index is -0.398. The molecule has 4 nitrogen and oxygen atoms in total. The fourth-order valence-electron chi connectivity index (χ4n) is 1.13. The molecule has 2 aromatic rings. The zero-order valence-electron chi connectivity index (χ0n) is 7.44. The molecule has 2 rings (SSSR count). The average Bonchev–Trinajstić information content (AvgIpc) is 2.57. The SMILES string of the molecule is Cc1ccc(-n2cnnc2[O])cc1Cl. The van der Waals surface area contributed by atoms with E-state index in [4.69, 9.17) is 11.6 Å². The third kappa shape index (κ3) is 1.44. The van der Waals surface area contributed by atoms with E-state index < -0.39 is 6.01 Å². The van der Waals surface area contributed by atoms with Crippen LogP contribution in [0.2, 0.25) is 5.02 Å². The van der Waals surface area contributed by atoms with Crippen molar-refractivity contribution in [2.45, 2.75) is 6.92 Å². The van der Waals surface area contributed by atoms with Gasteiger partial charge in [0.2, 0.25) is 0 Å². The van der Waals surface area contributed by atoms with E-state index in [9.17, 15) is 5.11 Å². The van der Waals surface area contributed by atoms with Crippen molar-refractivity contribution in [2.24, 2.45) is 0 Å². The van der Waals surface area contributed by atoms with E-state index in [1.807, 2.05) is 13.0 Å². The van der Waals surface area contributed by atoms with Crippen LogP contribution in [0, 0.1) is 6.92 Å². The van der Waals surface area contributed by atoms with Gasteiger partial charge in [0.1, 0.15) is 6.33 Å². The van der Waals surface area contributed by atoms with Crippen molar-refractivity contribution in [2.75, 3.05) is 0 Å². The predicted molar refractivity (Wildman–Crippen MR) is 51.2 cm³/mol. The second kappa shape index (κ2) is 3.31. The molecular weight excluding hydrogens is 202 g/mol. The number of benzene rings is 1. The maximum absolute atomic E-state index is 11.2. The minimum absolute atomic E-state index is 0.398. The fourth-order valence-corrected chi connectivity index (χ4v) is 1.31. The lowest BCUT2D eigenvalue weighted by Crippen LogP contribution is -1.91. The van der Waals surface area contributed by atoms with E-state index in [0.717, 1.165) is 5.56 Å². The van der Waals surface area contributed by atoms with E-state index in [1.54, 1.807) is 12.1 Å². The van der Waals surface area contributed by atoms with Crippen LogP contribution in [0.5, 0.6) is 6.01 Å². The molecule has 0 spiro atoms. The van der Waals surface area contributed by atoms with Crippen molar-refractivity contribution in [1.82, 2.24) is 14.8 Å². The van der Waals surface area contributed by atoms with Gasteiger partial charge in [0, 0.05) is 5.02 Å². The largest absolute Gasteiger partial charge is 0.372 e. The topological polar surface area (TPSA) is 50.6 Å². The Kier molecular flexibility index (Phi) is 2.13. The number of hydrogen-bond donors (Lipinski definition) is 0. The van der Waals surface area contributed by atoms with Gasteiger partial charge >= 0.3 is 6.01 Å². The monoisotopic (exact) mass is 208 g/mol. The molecule has 0 N–H and O–H groups in total. The van der Waals surface area contributed by atoms with Crippen molar-refractivity contribution >= 4 is 11.6 Å². The van der Waals surface area contributed by atoms with Crippen molar-refractivity contribution in [1.29, 1.82) is 0 Å². The van der Waals surface area contributed by atoms with Gasteiger partial charge in [-0.3, -0.25) is 0 Å². The summed E-state index contributed by atoms with van der Waals surface area (Å²) in [4.78, 5) is 0. The van der Waals surface area contributed by atoms with Crippen LogP contribution in [0.1, 0.15) is 5.56 Å². The smallest absolute Gasteiger partial charge is 0.248 e. The number of nitrogens with zero attached hydrogens (tertiary/aromatic N) is 3. The second-order valence-corrected chi connectivity index (χ2v) is 3.32. The van der Waals surface area contributed by atoms with Crippen molar-refractivity contribution in [3.05, 3.63) is 35.1 Å². The fraction of sp³-hybridized carbons (Fsp3) is 0.111. The summed E-state index contributed by atoms with van der Waals surface area (Å²) in [7, 11) is 0. The highest BCUT2D eigenvalue weighted by Gasteiger charge is 2.06. The van der Waals surface area contributed by atoms with Gasteiger partial charge in [-0.25, -0.2) is 9.67 Å². The van der Waals surface area contributed by atoms with Crippen molar-refractivity contribution in [3.8, 4) is 11.7 Å². The summed E-state index contributed by atoms with van der Waals surface area (Å²) in [6.45, 7) is 1.90. The Hall–Kier alpha value is -1.55. The molecule has 0 fully saturated rings. The van der Waals surface area contributed by atoms with Crippen LogP contribution < -0.4 is 0 Å². The average molecular weight is 209 g/mol. The summed E-state index contributed by atoms with van der Waals surface area (Å²) in [6.07, 6.45) is 1.36. The van der Waals surface area contributed by atoms with E-state index in [1.165, 1.54) is 10.9 Å². The molecule has 0 atom stereocenters. The maximum Gasteiger partial charge on any atom is 0.372 e. The van der Waals surface area contributed by atoms with Gasteiger partial charge in [-0.2, -0.15) is 0 Å². The Morgan fingerprint density at radius 1 is 1.43 bits per heavy atom. The summed E-state index contributed by atoms with van der Waals surface area (Å²) in [6, 6.07) is 4.95. The molecule has 5 heteroatoms. The molecule has 1 aromatic carbocycles. The Labute approximate surface area is 85.8 Å². The first-order valence-electron chi connectivity index (χ1n) is 4.02. The molecule has 0 unspecified atom stereocenters. The zero-order chi connectivity index (χ0) is 10.1. The summed E-state index contributed by atoms with van der Waals surface area (Å²) < 4.78 is 1.34. The van der Waals surface area contributed by atoms with Crippen LogP contribution in [0.25, 0.3) is 5.69 Å². The number of hydrogen-bond acceptors (Lipinski definition) is 2. The van der Waals surface area contributed by atoms with Gasteiger partial charge in [0.05, 0.1) is 5.69 Å². The van der Waals surface area contributed by atoms with Gasteiger partial charge in [-0.05, 0) is 24.6 Å². The summed E-state index contributed by atoms with van der Waals surface area (Å²) >= 11 is 5.93. The summed E-state index contributed by atoms with van der Waals surface area (Å²) in [5.41, 5.74) is 1.64. The van der Waals surface area contributed by atoms with Gasteiger partial charge in [0.15, 0.2) is 0 Å². The van der Waals surface area contributed by atoms with Gasteiger partial charge in [-0.1, -0.05) is 22.8 Å². The molecule has 0 aliphatic carbocycles. The molecule has 0 saturated carbocycles. The Morgan fingerprint density at radius 2 is 2.21 bits per heavy atom. The second-order valence-electron chi connectivity index (χ2n) is 2.92. The first-order valence-corrected chi connectivity index (χ1v) is 4.40. The number of halogens is 1. The van der Waals surface area contributed by atoms with Crippen LogP contribution >= 0.6 is 11.6 Å². The first kappa shape index (κ1) is 9.02. The molecule has 1 aromatic heterocycles. The highest BCUT2D eigenvalue weighted by atomic mass is 35.5. The van der Waals surface area contributed by atoms with Crippen LogP contribution in [-0.4, -0.2) is 14.8 Å². The third-order valence-electron chi connectivity index (χ3n) is 1.95. The first-order chi connectivity index (χ1) is 6.68. The normalized spacial score (nSPS) is 10.4.